The lowest BCUT2D eigenvalue weighted by Gasteiger charge is -1.96. The molecule has 1 amide bonds. The number of halogens is 1. The molecule has 2 aromatic heterocycles. The summed E-state index contributed by atoms with van der Waals surface area (Å²) in [5.74, 6) is -0.282. The average Bonchev–Trinajstić information content (AvgIpc) is 2.96. The monoisotopic (exact) mass is 292 g/mol. The molecule has 0 radical (unpaired) electrons. The molecule has 96 valence electrons. The molecular formula is C12H9ClN4OS. The number of nitrogens with zero attached hydrogens (tertiary/aromatic N) is 3. The number of carbonyl (C=O) groups excluding carboxylic acids is 1. The molecule has 0 atom stereocenters. The molecule has 0 bridgehead atoms. The van der Waals surface area contributed by atoms with E-state index in [4.69, 9.17) is 11.6 Å². The third kappa shape index (κ3) is 2.32. The molecule has 0 spiro atoms. The molecule has 0 fully saturated rings. The zero-order valence-electron chi connectivity index (χ0n) is 9.92. The lowest BCUT2D eigenvalue weighted by Crippen LogP contribution is -2.12. The lowest BCUT2D eigenvalue weighted by molar-refractivity contribution is 0.102. The van der Waals surface area contributed by atoms with Gasteiger partial charge in [0.25, 0.3) is 5.91 Å². The van der Waals surface area contributed by atoms with Gasteiger partial charge in [0.15, 0.2) is 10.8 Å². The van der Waals surface area contributed by atoms with Crippen molar-refractivity contribution in [1.82, 2.24) is 14.8 Å². The van der Waals surface area contributed by atoms with Crippen LogP contribution in [0.15, 0.2) is 30.5 Å². The molecule has 0 aliphatic carbocycles. The van der Waals surface area contributed by atoms with Gasteiger partial charge >= 0.3 is 0 Å². The maximum Gasteiger partial charge on any atom is 0.277 e. The highest BCUT2D eigenvalue weighted by molar-refractivity contribution is 7.22. The van der Waals surface area contributed by atoms with Crippen LogP contribution >= 0.6 is 22.9 Å². The average molecular weight is 293 g/mol. The Balaban J connectivity index is 1.89. The highest BCUT2D eigenvalue weighted by atomic mass is 35.5. The van der Waals surface area contributed by atoms with Crippen molar-refractivity contribution >= 4 is 44.2 Å². The maximum absolute atomic E-state index is 11.9. The van der Waals surface area contributed by atoms with Crippen molar-refractivity contribution in [2.24, 2.45) is 7.05 Å². The Bertz CT molecular complexity index is 764. The van der Waals surface area contributed by atoms with E-state index in [2.05, 4.69) is 15.4 Å². The third-order valence-corrected chi connectivity index (χ3v) is 3.78. The highest BCUT2D eigenvalue weighted by Crippen LogP contribution is 2.30. The van der Waals surface area contributed by atoms with Crippen molar-refractivity contribution in [3.8, 4) is 0 Å². The number of hydrogen-bond donors (Lipinski definition) is 1. The molecule has 3 aromatic rings. The molecule has 2 heterocycles. The van der Waals surface area contributed by atoms with Crippen LogP contribution in [-0.4, -0.2) is 20.7 Å². The van der Waals surface area contributed by atoms with Gasteiger partial charge in [-0.2, -0.15) is 5.10 Å². The Labute approximate surface area is 117 Å². The number of anilines is 1. The number of benzene rings is 1. The first-order valence-electron chi connectivity index (χ1n) is 5.49. The van der Waals surface area contributed by atoms with Crippen molar-refractivity contribution in [3.63, 3.8) is 0 Å². The second kappa shape index (κ2) is 4.64. The van der Waals surface area contributed by atoms with E-state index in [9.17, 15) is 4.79 Å². The number of amides is 1. The smallest absolute Gasteiger partial charge is 0.277 e. The number of rotatable bonds is 2. The molecule has 0 saturated heterocycles. The van der Waals surface area contributed by atoms with Gasteiger partial charge in [-0.3, -0.25) is 14.8 Å². The van der Waals surface area contributed by atoms with E-state index in [0.29, 0.717) is 21.4 Å². The van der Waals surface area contributed by atoms with Crippen molar-refractivity contribution in [2.45, 2.75) is 0 Å². The Morgan fingerprint density at radius 1 is 1.42 bits per heavy atom. The van der Waals surface area contributed by atoms with Crippen LogP contribution in [0.3, 0.4) is 0 Å². The van der Waals surface area contributed by atoms with Crippen LogP contribution in [0.25, 0.3) is 10.2 Å². The zero-order valence-corrected chi connectivity index (χ0v) is 11.5. The molecule has 0 aliphatic rings. The predicted octanol–water partition coefficient (Wildman–Crippen LogP) is 2.94. The van der Waals surface area contributed by atoms with Gasteiger partial charge in [0.2, 0.25) is 0 Å². The van der Waals surface area contributed by atoms with Crippen LogP contribution in [0.2, 0.25) is 5.02 Å². The summed E-state index contributed by atoms with van der Waals surface area (Å²) in [6, 6.07) is 7.19. The molecule has 5 nitrogen and oxygen atoms in total. The van der Waals surface area contributed by atoms with E-state index >= 15 is 0 Å². The van der Waals surface area contributed by atoms with Gasteiger partial charge in [-0.25, -0.2) is 4.98 Å². The fourth-order valence-corrected chi connectivity index (χ4v) is 2.83. The van der Waals surface area contributed by atoms with Crippen LogP contribution in [0.1, 0.15) is 10.5 Å². The Morgan fingerprint density at radius 3 is 2.95 bits per heavy atom. The van der Waals surface area contributed by atoms with Crippen LogP contribution in [0.5, 0.6) is 0 Å². The third-order valence-electron chi connectivity index (χ3n) is 2.54. The number of nitrogens with one attached hydrogen (secondary N) is 1. The van der Waals surface area contributed by atoms with Crippen LogP contribution in [0, 0.1) is 0 Å². The van der Waals surface area contributed by atoms with Gasteiger partial charge in [-0.05, 0) is 18.2 Å². The second-order valence-electron chi connectivity index (χ2n) is 3.93. The number of fused-ring (bicyclic) bond motifs is 1. The van der Waals surface area contributed by atoms with E-state index < -0.39 is 0 Å². The minimum Gasteiger partial charge on any atom is -0.296 e. The molecule has 19 heavy (non-hydrogen) atoms. The fourth-order valence-electron chi connectivity index (χ4n) is 1.67. The fraction of sp³-hybridized carbons (Fsp3) is 0.0833. The summed E-state index contributed by atoms with van der Waals surface area (Å²) in [5.41, 5.74) is 1.05. The van der Waals surface area contributed by atoms with Crippen LogP contribution in [-0.2, 0) is 7.05 Å². The lowest BCUT2D eigenvalue weighted by atomic mass is 10.3. The quantitative estimate of drug-likeness (QED) is 0.790. The molecule has 1 N–H and O–H groups in total. The minimum atomic E-state index is -0.282. The highest BCUT2D eigenvalue weighted by Gasteiger charge is 2.13. The number of thiazole rings is 1. The molecule has 0 saturated carbocycles. The second-order valence-corrected chi connectivity index (χ2v) is 5.37. The van der Waals surface area contributed by atoms with Gasteiger partial charge in [0, 0.05) is 13.2 Å². The molecular weight excluding hydrogens is 284 g/mol. The normalized spacial score (nSPS) is 10.8. The molecule has 0 aliphatic heterocycles. The zero-order chi connectivity index (χ0) is 13.4. The van der Waals surface area contributed by atoms with Gasteiger partial charge in [0.05, 0.1) is 9.72 Å². The SMILES string of the molecule is Cn1ccc(C(=O)Nc2nc3c(Cl)cccc3s2)n1. The van der Waals surface area contributed by atoms with Gasteiger partial charge in [-0.1, -0.05) is 29.0 Å². The largest absolute Gasteiger partial charge is 0.296 e. The standard InChI is InChI=1S/C12H9ClN4OS/c1-17-6-5-8(16-17)11(18)15-12-14-10-7(13)3-2-4-9(10)19-12/h2-6H,1H3,(H,14,15,18). The van der Waals surface area contributed by atoms with E-state index in [-0.39, 0.29) is 5.91 Å². The number of carbonyl (C=O) groups is 1. The van der Waals surface area contributed by atoms with Crippen molar-refractivity contribution in [3.05, 3.63) is 41.2 Å². The molecule has 1 aromatic carbocycles. The number of aromatic nitrogens is 3. The van der Waals surface area contributed by atoms with Crippen molar-refractivity contribution < 1.29 is 4.79 Å². The summed E-state index contributed by atoms with van der Waals surface area (Å²) in [7, 11) is 1.76. The first-order valence-corrected chi connectivity index (χ1v) is 6.69. The first kappa shape index (κ1) is 12.1. The summed E-state index contributed by atoms with van der Waals surface area (Å²) in [5, 5.41) is 7.84. The van der Waals surface area contributed by atoms with E-state index in [1.807, 2.05) is 12.1 Å². The molecule has 7 heteroatoms. The predicted molar refractivity (Wildman–Crippen MR) is 75.8 cm³/mol. The summed E-state index contributed by atoms with van der Waals surface area (Å²) in [6.07, 6.45) is 1.71. The number of aryl methyl sites for hydroxylation is 1. The topological polar surface area (TPSA) is 59.8 Å². The summed E-state index contributed by atoms with van der Waals surface area (Å²) < 4.78 is 2.51. The Kier molecular flexibility index (Phi) is 2.96. The van der Waals surface area contributed by atoms with Crippen molar-refractivity contribution in [2.75, 3.05) is 5.32 Å². The number of hydrogen-bond acceptors (Lipinski definition) is 4. The van der Waals surface area contributed by atoms with Gasteiger partial charge < -0.3 is 0 Å². The number of para-hydroxylation sites is 1. The van der Waals surface area contributed by atoms with E-state index in [0.717, 1.165) is 4.70 Å². The summed E-state index contributed by atoms with van der Waals surface area (Å²) >= 11 is 7.42. The minimum absolute atomic E-state index is 0.282. The van der Waals surface area contributed by atoms with Gasteiger partial charge in [0.1, 0.15) is 5.52 Å². The first-order chi connectivity index (χ1) is 9.13. The summed E-state index contributed by atoms with van der Waals surface area (Å²) in [6.45, 7) is 0. The van der Waals surface area contributed by atoms with Crippen molar-refractivity contribution in [1.29, 1.82) is 0 Å². The Morgan fingerprint density at radius 2 is 2.26 bits per heavy atom. The van der Waals surface area contributed by atoms with Crippen LogP contribution < -0.4 is 5.32 Å². The van der Waals surface area contributed by atoms with E-state index in [1.165, 1.54) is 11.3 Å². The summed E-state index contributed by atoms with van der Waals surface area (Å²) in [4.78, 5) is 16.2. The van der Waals surface area contributed by atoms with Crippen LogP contribution in [0.4, 0.5) is 5.13 Å². The van der Waals surface area contributed by atoms with E-state index in [1.54, 1.807) is 30.1 Å². The molecule has 0 unspecified atom stereocenters. The van der Waals surface area contributed by atoms with Gasteiger partial charge in [-0.15, -0.1) is 0 Å². The molecule has 3 rings (SSSR count). The maximum atomic E-state index is 11.9. The Hall–Kier alpha value is -1.92.